The van der Waals surface area contributed by atoms with Gasteiger partial charge >= 0.3 is 6.09 Å². The van der Waals surface area contributed by atoms with Gasteiger partial charge in [0.15, 0.2) is 11.5 Å². The van der Waals surface area contributed by atoms with Crippen LogP contribution >= 0.6 is 0 Å². The first kappa shape index (κ1) is 18.9. The predicted molar refractivity (Wildman–Crippen MR) is 88.7 cm³/mol. The molecule has 130 valence electrons. The molecule has 1 aromatic rings. The summed E-state index contributed by atoms with van der Waals surface area (Å²) in [5, 5.41) is 0. The van der Waals surface area contributed by atoms with Crippen LogP contribution in [0.5, 0.6) is 17.2 Å². The van der Waals surface area contributed by atoms with Crippen LogP contribution in [0, 0.1) is 0 Å². The molecule has 0 unspecified atom stereocenters. The molecule has 0 aliphatic rings. The summed E-state index contributed by atoms with van der Waals surface area (Å²) in [6.45, 7) is 6.06. The van der Waals surface area contributed by atoms with Crippen molar-refractivity contribution in [2.45, 2.75) is 32.8 Å². The molecule has 6 heteroatoms. The lowest BCUT2D eigenvalue weighted by molar-refractivity contribution is 0.0301. The minimum Gasteiger partial charge on any atom is -0.493 e. The molecule has 0 saturated heterocycles. The van der Waals surface area contributed by atoms with Crippen LogP contribution in [0.4, 0.5) is 4.79 Å². The van der Waals surface area contributed by atoms with E-state index in [4.69, 9.17) is 18.9 Å². The van der Waals surface area contributed by atoms with Gasteiger partial charge in [-0.3, -0.25) is 0 Å². The van der Waals surface area contributed by atoms with Gasteiger partial charge in [0.2, 0.25) is 5.75 Å². The number of nitrogens with zero attached hydrogens (tertiary/aromatic N) is 1. The molecule has 23 heavy (non-hydrogen) atoms. The van der Waals surface area contributed by atoms with E-state index in [0.29, 0.717) is 30.2 Å². The van der Waals surface area contributed by atoms with Crippen LogP contribution in [0.3, 0.4) is 0 Å². The molecule has 0 N–H and O–H groups in total. The Labute approximate surface area is 138 Å². The Kier molecular flexibility index (Phi) is 6.54. The van der Waals surface area contributed by atoms with E-state index in [1.54, 1.807) is 33.3 Å². The molecule has 0 atom stereocenters. The zero-order valence-corrected chi connectivity index (χ0v) is 15.1. The zero-order valence-electron chi connectivity index (χ0n) is 15.1. The Balaban J connectivity index is 2.80. The molecule has 1 amide bonds. The molecule has 0 spiro atoms. The van der Waals surface area contributed by atoms with E-state index in [1.807, 2.05) is 32.9 Å². The highest BCUT2D eigenvalue weighted by Crippen LogP contribution is 2.38. The molecular weight excluding hydrogens is 298 g/mol. The number of carbonyl (C=O) groups excluding carboxylic acids is 1. The van der Waals surface area contributed by atoms with Crippen molar-refractivity contribution < 1.29 is 23.7 Å². The average Bonchev–Trinajstić information content (AvgIpc) is 2.49. The monoisotopic (exact) mass is 325 g/mol. The molecule has 6 nitrogen and oxygen atoms in total. The third-order valence-corrected chi connectivity index (χ3v) is 3.17. The van der Waals surface area contributed by atoms with Crippen molar-refractivity contribution in [2.75, 3.05) is 34.9 Å². The van der Waals surface area contributed by atoms with Gasteiger partial charge in [-0.15, -0.1) is 0 Å². The smallest absolute Gasteiger partial charge is 0.410 e. The number of ether oxygens (including phenoxy) is 4. The van der Waals surface area contributed by atoms with Crippen LogP contribution in [0.15, 0.2) is 12.1 Å². The van der Waals surface area contributed by atoms with E-state index in [1.165, 1.54) is 0 Å². The van der Waals surface area contributed by atoms with Gasteiger partial charge in [-0.25, -0.2) is 4.79 Å². The second-order valence-electron chi connectivity index (χ2n) is 6.19. The van der Waals surface area contributed by atoms with Crippen molar-refractivity contribution >= 4 is 6.09 Å². The maximum Gasteiger partial charge on any atom is 0.410 e. The number of hydrogen-bond donors (Lipinski definition) is 0. The number of hydrogen-bond acceptors (Lipinski definition) is 5. The molecule has 0 aromatic heterocycles. The van der Waals surface area contributed by atoms with E-state index in [-0.39, 0.29) is 6.09 Å². The number of benzene rings is 1. The van der Waals surface area contributed by atoms with Crippen LogP contribution in [0.1, 0.15) is 26.3 Å². The first-order valence-electron chi connectivity index (χ1n) is 7.44. The lowest BCUT2D eigenvalue weighted by Gasteiger charge is -2.24. The number of rotatable bonds is 6. The normalized spacial score (nSPS) is 10.9. The third-order valence-electron chi connectivity index (χ3n) is 3.17. The molecular formula is C17H27NO5. The van der Waals surface area contributed by atoms with E-state index in [0.717, 1.165) is 5.56 Å². The van der Waals surface area contributed by atoms with Crippen LogP contribution in [0.25, 0.3) is 0 Å². The molecule has 0 aliphatic heterocycles. The molecule has 1 aromatic carbocycles. The van der Waals surface area contributed by atoms with Crippen LogP contribution in [-0.2, 0) is 11.2 Å². The number of carbonyl (C=O) groups is 1. The van der Waals surface area contributed by atoms with Crippen molar-refractivity contribution in [3.63, 3.8) is 0 Å². The Hall–Kier alpha value is -2.11. The lowest BCUT2D eigenvalue weighted by atomic mass is 10.1. The topological polar surface area (TPSA) is 57.2 Å². The first-order chi connectivity index (χ1) is 10.7. The van der Waals surface area contributed by atoms with Gasteiger partial charge < -0.3 is 23.8 Å². The number of amides is 1. The number of likely N-dealkylation sites (N-methyl/N-ethyl adjacent to an activating group) is 1. The van der Waals surface area contributed by atoms with Gasteiger partial charge in [0.1, 0.15) is 5.60 Å². The summed E-state index contributed by atoms with van der Waals surface area (Å²) in [5.74, 6) is 1.75. The maximum absolute atomic E-state index is 12.0. The summed E-state index contributed by atoms with van der Waals surface area (Å²) in [4.78, 5) is 13.5. The first-order valence-corrected chi connectivity index (χ1v) is 7.44. The molecule has 0 saturated carbocycles. The summed E-state index contributed by atoms with van der Waals surface area (Å²) in [5.41, 5.74) is 0.479. The van der Waals surface area contributed by atoms with Gasteiger partial charge in [0, 0.05) is 13.6 Å². The van der Waals surface area contributed by atoms with Gasteiger partial charge in [-0.1, -0.05) is 0 Å². The Bertz CT molecular complexity index is 511. The Morgan fingerprint density at radius 3 is 1.96 bits per heavy atom. The fraction of sp³-hybridized carbons (Fsp3) is 0.588. The summed E-state index contributed by atoms with van der Waals surface area (Å²) in [6, 6.07) is 3.76. The third kappa shape index (κ3) is 5.54. The van der Waals surface area contributed by atoms with Gasteiger partial charge in [-0.05, 0) is 44.9 Å². The van der Waals surface area contributed by atoms with Gasteiger partial charge in [0.25, 0.3) is 0 Å². The summed E-state index contributed by atoms with van der Waals surface area (Å²) in [7, 11) is 6.43. The second kappa shape index (κ2) is 7.94. The van der Waals surface area contributed by atoms with Crippen LogP contribution < -0.4 is 14.2 Å². The molecule has 1 rings (SSSR count). The highest BCUT2D eigenvalue weighted by molar-refractivity contribution is 5.67. The predicted octanol–water partition coefficient (Wildman–Crippen LogP) is 3.12. The van der Waals surface area contributed by atoms with Crippen molar-refractivity contribution in [1.82, 2.24) is 4.90 Å². The summed E-state index contributed by atoms with van der Waals surface area (Å²) < 4.78 is 21.3. The van der Waals surface area contributed by atoms with Gasteiger partial charge in [0.05, 0.1) is 21.3 Å². The van der Waals surface area contributed by atoms with Crippen molar-refractivity contribution in [2.24, 2.45) is 0 Å². The van der Waals surface area contributed by atoms with E-state index in [9.17, 15) is 4.79 Å². The quantitative estimate of drug-likeness (QED) is 0.804. The molecule has 0 fully saturated rings. The Morgan fingerprint density at radius 1 is 1.04 bits per heavy atom. The minimum absolute atomic E-state index is 0.343. The molecule has 0 bridgehead atoms. The summed E-state index contributed by atoms with van der Waals surface area (Å²) in [6.07, 6.45) is 0.303. The van der Waals surface area contributed by atoms with E-state index in [2.05, 4.69) is 0 Å². The Morgan fingerprint density at radius 2 is 1.57 bits per heavy atom. The average molecular weight is 325 g/mol. The van der Waals surface area contributed by atoms with Gasteiger partial charge in [-0.2, -0.15) is 0 Å². The van der Waals surface area contributed by atoms with Crippen molar-refractivity contribution in [3.05, 3.63) is 17.7 Å². The fourth-order valence-corrected chi connectivity index (χ4v) is 2.01. The van der Waals surface area contributed by atoms with E-state index < -0.39 is 5.60 Å². The standard InChI is InChI=1S/C17H27NO5/c1-17(2,3)23-16(19)18(4)9-8-12-10-13(20-5)15(22-7)14(11-12)21-6/h10-11H,8-9H2,1-7H3. The minimum atomic E-state index is -0.502. The molecule has 0 heterocycles. The molecule has 0 radical (unpaired) electrons. The highest BCUT2D eigenvalue weighted by Gasteiger charge is 2.20. The largest absolute Gasteiger partial charge is 0.493 e. The SMILES string of the molecule is COc1cc(CCN(C)C(=O)OC(C)(C)C)cc(OC)c1OC. The van der Waals surface area contributed by atoms with Crippen LogP contribution in [-0.4, -0.2) is 51.5 Å². The zero-order chi connectivity index (χ0) is 17.6. The van der Waals surface area contributed by atoms with E-state index >= 15 is 0 Å². The van der Waals surface area contributed by atoms with Crippen LogP contribution in [0.2, 0.25) is 0 Å². The maximum atomic E-state index is 12.0. The lowest BCUT2D eigenvalue weighted by Crippen LogP contribution is -2.35. The summed E-state index contributed by atoms with van der Waals surface area (Å²) >= 11 is 0. The van der Waals surface area contributed by atoms with Crippen molar-refractivity contribution in [1.29, 1.82) is 0 Å². The fourth-order valence-electron chi connectivity index (χ4n) is 2.01. The molecule has 0 aliphatic carbocycles. The second-order valence-corrected chi connectivity index (χ2v) is 6.19. The van der Waals surface area contributed by atoms with Crippen molar-refractivity contribution in [3.8, 4) is 17.2 Å². The highest BCUT2D eigenvalue weighted by atomic mass is 16.6. The number of methoxy groups -OCH3 is 3.